The number of carbonyl (C=O) groups is 2. The van der Waals surface area contributed by atoms with Gasteiger partial charge in [0.15, 0.2) is 0 Å². The summed E-state index contributed by atoms with van der Waals surface area (Å²) in [5.74, 6) is 0.624. The van der Waals surface area contributed by atoms with Gasteiger partial charge in [-0.15, -0.1) is 0 Å². The van der Waals surface area contributed by atoms with Gasteiger partial charge in [-0.1, -0.05) is 0 Å². The van der Waals surface area contributed by atoms with Crippen molar-refractivity contribution in [2.75, 3.05) is 18.5 Å². The Hall–Kier alpha value is -2.80. The van der Waals surface area contributed by atoms with E-state index in [0.29, 0.717) is 37.4 Å². The summed E-state index contributed by atoms with van der Waals surface area (Å²) in [4.78, 5) is 23.7. The van der Waals surface area contributed by atoms with E-state index in [1.54, 1.807) is 30.5 Å². The van der Waals surface area contributed by atoms with Crippen molar-refractivity contribution in [3.8, 4) is 0 Å². The SMILES string of the molecule is CC(C)NC(=O)Nc1ccc(C(=O)NCCCOCc2ccco2)cc1. The molecule has 2 rings (SSSR count). The van der Waals surface area contributed by atoms with Crippen LogP contribution in [0.25, 0.3) is 0 Å². The molecule has 0 saturated carbocycles. The van der Waals surface area contributed by atoms with Crippen LogP contribution in [0.15, 0.2) is 47.1 Å². The van der Waals surface area contributed by atoms with Crippen LogP contribution in [0, 0.1) is 0 Å². The van der Waals surface area contributed by atoms with Crippen LogP contribution in [-0.4, -0.2) is 31.1 Å². The first kappa shape index (κ1) is 19.5. The van der Waals surface area contributed by atoms with Crippen LogP contribution < -0.4 is 16.0 Å². The summed E-state index contributed by atoms with van der Waals surface area (Å²) in [6.07, 6.45) is 2.32. The van der Waals surface area contributed by atoms with Crippen molar-refractivity contribution in [3.63, 3.8) is 0 Å². The lowest BCUT2D eigenvalue weighted by Crippen LogP contribution is -2.34. The minimum atomic E-state index is -0.272. The fourth-order valence-corrected chi connectivity index (χ4v) is 2.18. The Morgan fingerprint density at radius 2 is 1.92 bits per heavy atom. The second kappa shape index (κ2) is 10.2. The van der Waals surface area contributed by atoms with Gasteiger partial charge in [-0.3, -0.25) is 4.79 Å². The van der Waals surface area contributed by atoms with E-state index in [2.05, 4.69) is 16.0 Å². The highest BCUT2D eigenvalue weighted by atomic mass is 16.5. The van der Waals surface area contributed by atoms with E-state index in [-0.39, 0.29) is 18.0 Å². The third kappa shape index (κ3) is 6.98. The number of hydrogen-bond acceptors (Lipinski definition) is 4. The Balaban J connectivity index is 1.64. The first-order valence-electron chi connectivity index (χ1n) is 8.60. The topological polar surface area (TPSA) is 92.6 Å². The van der Waals surface area contributed by atoms with Crippen LogP contribution in [0.4, 0.5) is 10.5 Å². The van der Waals surface area contributed by atoms with Gasteiger partial charge in [-0.2, -0.15) is 0 Å². The lowest BCUT2D eigenvalue weighted by molar-refractivity contribution is 0.0917. The molecule has 7 heteroatoms. The normalized spacial score (nSPS) is 10.6. The fraction of sp³-hybridized carbons (Fsp3) is 0.368. The van der Waals surface area contributed by atoms with Crippen molar-refractivity contribution in [1.82, 2.24) is 10.6 Å². The van der Waals surface area contributed by atoms with Crippen LogP contribution in [0.5, 0.6) is 0 Å². The molecule has 1 aromatic carbocycles. The summed E-state index contributed by atoms with van der Waals surface area (Å²) in [7, 11) is 0. The smallest absolute Gasteiger partial charge is 0.319 e. The standard InChI is InChI=1S/C19H25N3O4/c1-14(2)21-19(24)22-16-8-6-15(7-9-16)18(23)20-10-4-11-25-13-17-5-3-12-26-17/h3,5-9,12,14H,4,10-11,13H2,1-2H3,(H,20,23)(H2,21,22,24). The first-order valence-corrected chi connectivity index (χ1v) is 8.60. The monoisotopic (exact) mass is 359 g/mol. The van der Waals surface area contributed by atoms with Crippen LogP contribution in [-0.2, 0) is 11.3 Å². The molecular weight excluding hydrogens is 334 g/mol. The molecule has 0 radical (unpaired) electrons. The maximum absolute atomic E-state index is 12.1. The lowest BCUT2D eigenvalue weighted by Gasteiger charge is -2.10. The quantitative estimate of drug-likeness (QED) is 0.600. The van der Waals surface area contributed by atoms with Crippen LogP contribution >= 0.6 is 0 Å². The molecule has 0 aliphatic carbocycles. The average molecular weight is 359 g/mol. The van der Waals surface area contributed by atoms with E-state index < -0.39 is 0 Å². The maximum atomic E-state index is 12.1. The van der Waals surface area contributed by atoms with E-state index in [9.17, 15) is 9.59 Å². The molecule has 0 spiro atoms. The van der Waals surface area contributed by atoms with Crippen molar-refractivity contribution >= 4 is 17.6 Å². The van der Waals surface area contributed by atoms with E-state index in [1.807, 2.05) is 26.0 Å². The summed E-state index contributed by atoms with van der Waals surface area (Å²) in [6.45, 7) is 5.26. The average Bonchev–Trinajstić information content (AvgIpc) is 3.11. The number of hydrogen-bond donors (Lipinski definition) is 3. The van der Waals surface area contributed by atoms with Gasteiger partial charge >= 0.3 is 6.03 Å². The second-order valence-corrected chi connectivity index (χ2v) is 6.07. The van der Waals surface area contributed by atoms with E-state index in [1.165, 1.54) is 0 Å². The molecule has 0 aliphatic heterocycles. The number of nitrogens with one attached hydrogen (secondary N) is 3. The van der Waals surface area contributed by atoms with E-state index in [4.69, 9.17) is 9.15 Å². The largest absolute Gasteiger partial charge is 0.467 e. The first-order chi connectivity index (χ1) is 12.5. The zero-order valence-electron chi connectivity index (χ0n) is 15.1. The number of urea groups is 1. The molecular formula is C19H25N3O4. The molecule has 2 aromatic rings. The molecule has 0 fully saturated rings. The van der Waals surface area contributed by atoms with Gasteiger partial charge < -0.3 is 25.1 Å². The molecule has 0 unspecified atom stereocenters. The second-order valence-electron chi connectivity index (χ2n) is 6.07. The number of benzene rings is 1. The fourth-order valence-electron chi connectivity index (χ4n) is 2.18. The summed E-state index contributed by atoms with van der Waals surface area (Å²) < 4.78 is 10.6. The lowest BCUT2D eigenvalue weighted by atomic mass is 10.2. The summed E-state index contributed by atoms with van der Waals surface area (Å²) in [5.41, 5.74) is 1.17. The number of amides is 3. The van der Waals surface area contributed by atoms with Gasteiger partial charge in [0.25, 0.3) is 5.91 Å². The molecule has 1 heterocycles. The van der Waals surface area contributed by atoms with E-state index >= 15 is 0 Å². The van der Waals surface area contributed by atoms with Gasteiger partial charge in [0.05, 0.1) is 6.26 Å². The minimum Gasteiger partial charge on any atom is -0.467 e. The molecule has 0 saturated heterocycles. The predicted octanol–water partition coefficient (Wildman–Crippen LogP) is 3.15. The Morgan fingerprint density at radius 3 is 2.58 bits per heavy atom. The van der Waals surface area contributed by atoms with Crippen molar-refractivity contribution in [1.29, 1.82) is 0 Å². The summed E-state index contributed by atoms with van der Waals surface area (Å²) in [5, 5.41) is 8.28. The number of ether oxygens (including phenoxy) is 1. The molecule has 0 aliphatic rings. The maximum Gasteiger partial charge on any atom is 0.319 e. The van der Waals surface area contributed by atoms with Gasteiger partial charge in [0.2, 0.25) is 0 Å². The third-order valence-corrected chi connectivity index (χ3v) is 3.40. The van der Waals surface area contributed by atoms with Crippen molar-refractivity contribution < 1.29 is 18.7 Å². The number of furan rings is 1. The summed E-state index contributed by atoms with van der Waals surface area (Å²) in [6, 6.07) is 10.2. The van der Waals surface area contributed by atoms with Crippen molar-refractivity contribution in [3.05, 3.63) is 54.0 Å². The number of carbonyl (C=O) groups excluding carboxylic acids is 2. The van der Waals surface area contributed by atoms with Crippen molar-refractivity contribution in [2.45, 2.75) is 32.9 Å². The molecule has 0 atom stereocenters. The third-order valence-electron chi connectivity index (χ3n) is 3.40. The molecule has 26 heavy (non-hydrogen) atoms. The minimum absolute atomic E-state index is 0.0584. The van der Waals surface area contributed by atoms with Gasteiger partial charge in [0.1, 0.15) is 12.4 Å². The molecule has 3 N–H and O–H groups in total. The summed E-state index contributed by atoms with van der Waals surface area (Å²) >= 11 is 0. The van der Waals surface area contributed by atoms with Gasteiger partial charge in [0, 0.05) is 30.4 Å². The van der Waals surface area contributed by atoms with Crippen LogP contribution in [0.1, 0.15) is 36.4 Å². The molecule has 0 bridgehead atoms. The Labute approximate surface area is 153 Å². The van der Waals surface area contributed by atoms with Gasteiger partial charge in [-0.05, 0) is 56.7 Å². The molecule has 3 amide bonds. The molecule has 7 nitrogen and oxygen atoms in total. The Kier molecular flexibility index (Phi) is 7.70. The predicted molar refractivity (Wildman–Crippen MR) is 99.0 cm³/mol. The molecule has 1 aromatic heterocycles. The van der Waals surface area contributed by atoms with Crippen molar-refractivity contribution in [2.24, 2.45) is 0 Å². The highest BCUT2D eigenvalue weighted by Crippen LogP contribution is 2.09. The van der Waals surface area contributed by atoms with Crippen LogP contribution in [0.2, 0.25) is 0 Å². The van der Waals surface area contributed by atoms with Crippen LogP contribution in [0.3, 0.4) is 0 Å². The highest BCUT2D eigenvalue weighted by Gasteiger charge is 2.07. The van der Waals surface area contributed by atoms with Gasteiger partial charge in [-0.25, -0.2) is 4.79 Å². The Morgan fingerprint density at radius 1 is 1.15 bits per heavy atom. The molecule has 140 valence electrons. The Bertz CT molecular complexity index is 681. The zero-order valence-corrected chi connectivity index (χ0v) is 15.1. The number of anilines is 1. The van der Waals surface area contributed by atoms with E-state index in [0.717, 1.165) is 5.76 Å². The zero-order chi connectivity index (χ0) is 18.8. The number of rotatable bonds is 9. The highest BCUT2D eigenvalue weighted by molar-refractivity contribution is 5.95.